The summed E-state index contributed by atoms with van der Waals surface area (Å²) in [5, 5.41) is 15.3. The first-order valence-electron chi connectivity index (χ1n) is 9.26. The molecule has 3 fully saturated rings. The Morgan fingerprint density at radius 2 is 2.31 bits per heavy atom. The van der Waals surface area contributed by atoms with Crippen LogP contribution in [-0.4, -0.2) is 88.7 Å². The van der Waals surface area contributed by atoms with Crippen LogP contribution >= 0.6 is 0 Å². The minimum atomic E-state index is -2.59. The Bertz CT molecular complexity index is 765. The summed E-state index contributed by atoms with van der Waals surface area (Å²) >= 11 is -2.59. The van der Waals surface area contributed by atoms with Gasteiger partial charge in [0.25, 0.3) is 5.91 Å². The Morgan fingerprint density at radius 1 is 1.45 bits per heavy atom. The summed E-state index contributed by atoms with van der Waals surface area (Å²) in [6, 6.07) is -1.56. The van der Waals surface area contributed by atoms with Gasteiger partial charge in [0.15, 0.2) is 0 Å². The molecule has 3 amide bonds. The summed E-state index contributed by atoms with van der Waals surface area (Å²) in [5.41, 5.74) is 2.42. The van der Waals surface area contributed by atoms with E-state index in [-0.39, 0.29) is 18.6 Å². The Morgan fingerprint density at radius 3 is 3.07 bits per heavy atom. The summed E-state index contributed by atoms with van der Waals surface area (Å²) in [7, 11) is 0. The molecule has 0 radical (unpaired) electrons. The standard InChI is InChI=1S/C14H22N8O6S/c23-13(12-2-1-11-6-21(12)14(24)22(11)28-29(25)26)17-27-7-10-3-9(4-15-10)5-20-8-16-18-19-20/h8-12,15H,1-7H2,(H,17,23)(H,25,26)/t9-,10-,11?,12?/m0/s1. The van der Waals surface area contributed by atoms with Gasteiger partial charge in [0.2, 0.25) is 0 Å². The fraction of sp³-hybridized carbons (Fsp3) is 0.786. The summed E-state index contributed by atoms with van der Waals surface area (Å²) in [4.78, 5) is 31.5. The van der Waals surface area contributed by atoms with Gasteiger partial charge in [-0.2, -0.15) is 9.27 Å². The van der Waals surface area contributed by atoms with Gasteiger partial charge in [-0.25, -0.2) is 15.0 Å². The lowest BCUT2D eigenvalue weighted by molar-refractivity contribution is -0.139. The highest BCUT2D eigenvalue weighted by atomic mass is 32.2. The van der Waals surface area contributed by atoms with E-state index in [1.165, 1.54) is 4.90 Å². The van der Waals surface area contributed by atoms with Gasteiger partial charge in [0.05, 0.1) is 12.6 Å². The largest absolute Gasteiger partial charge is 0.346 e. The van der Waals surface area contributed by atoms with Crippen molar-refractivity contribution < 1.29 is 27.5 Å². The number of carbonyl (C=O) groups is 2. The normalized spacial score (nSPS) is 30.0. The molecule has 14 nitrogen and oxygen atoms in total. The van der Waals surface area contributed by atoms with Crippen LogP contribution in [0.3, 0.4) is 0 Å². The monoisotopic (exact) mass is 430 g/mol. The lowest BCUT2D eigenvalue weighted by Gasteiger charge is -2.29. The second kappa shape index (κ2) is 8.66. The number of hydrogen-bond acceptors (Lipinski definition) is 9. The molecule has 4 heterocycles. The third-order valence-electron chi connectivity index (χ3n) is 5.38. The van der Waals surface area contributed by atoms with Crippen LogP contribution in [0.5, 0.6) is 0 Å². The van der Waals surface area contributed by atoms with Crippen molar-refractivity contribution in [2.24, 2.45) is 5.92 Å². The number of carbonyl (C=O) groups excluding carboxylic acids is 2. The number of amides is 3. The van der Waals surface area contributed by atoms with Crippen LogP contribution in [0.4, 0.5) is 4.79 Å². The minimum absolute atomic E-state index is 0.0874. The molecule has 3 N–H and O–H groups in total. The van der Waals surface area contributed by atoms with E-state index in [2.05, 4.69) is 30.6 Å². The Hall–Kier alpha value is -2.20. The second-order valence-electron chi connectivity index (χ2n) is 7.32. The second-order valence-corrected chi connectivity index (χ2v) is 7.90. The van der Waals surface area contributed by atoms with Gasteiger partial charge in [0.1, 0.15) is 12.4 Å². The van der Waals surface area contributed by atoms with Crippen LogP contribution in [-0.2, 0) is 31.8 Å². The maximum absolute atomic E-state index is 12.5. The number of piperidine rings is 1. The van der Waals surface area contributed by atoms with Crippen LogP contribution in [0, 0.1) is 5.92 Å². The predicted octanol–water partition coefficient (Wildman–Crippen LogP) is -1.96. The van der Waals surface area contributed by atoms with Gasteiger partial charge in [-0.1, -0.05) is 0 Å². The fourth-order valence-electron chi connectivity index (χ4n) is 4.05. The maximum Gasteiger partial charge on any atom is 0.346 e. The van der Waals surface area contributed by atoms with Crippen LogP contribution in [0.15, 0.2) is 6.33 Å². The third-order valence-corrected chi connectivity index (χ3v) is 5.66. The molecule has 0 aromatic carbocycles. The van der Waals surface area contributed by atoms with Crippen LogP contribution in [0.1, 0.15) is 19.3 Å². The zero-order chi connectivity index (χ0) is 20.4. The molecule has 1 aromatic rings. The number of urea groups is 1. The zero-order valence-electron chi connectivity index (χ0n) is 15.4. The van der Waals surface area contributed by atoms with Gasteiger partial charge in [-0.15, -0.1) is 9.38 Å². The SMILES string of the molecule is O=C(NOC[C@@H]1C[C@H](Cn2cnnn2)CN1)C1CCC2CN1C(=O)N2OS(=O)O. The quantitative estimate of drug-likeness (QED) is 0.311. The molecule has 29 heavy (non-hydrogen) atoms. The van der Waals surface area contributed by atoms with Gasteiger partial charge >= 0.3 is 17.4 Å². The molecule has 3 saturated heterocycles. The molecule has 4 rings (SSSR count). The van der Waals surface area contributed by atoms with Crippen molar-refractivity contribution in [2.45, 2.75) is 43.9 Å². The molecule has 3 aliphatic rings. The molecule has 0 aliphatic carbocycles. The van der Waals surface area contributed by atoms with Gasteiger partial charge in [0, 0.05) is 25.7 Å². The predicted molar refractivity (Wildman–Crippen MR) is 94.4 cm³/mol. The first-order chi connectivity index (χ1) is 14.0. The molecule has 15 heteroatoms. The summed E-state index contributed by atoms with van der Waals surface area (Å²) < 4.78 is 26.0. The van der Waals surface area contributed by atoms with E-state index in [1.807, 2.05) is 0 Å². The summed E-state index contributed by atoms with van der Waals surface area (Å²) in [6.07, 6.45) is 3.33. The van der Waals surface area contributed by atoms with Crippen molar-refractivity contribution in [3.8, 4) is 0 Å². The number of nitrogens with one attached hydrogen (secondary N) is 2. The van der Waals surface area contributed by atoms with Crippen molar-refractivity contribution in [2.75, 3.05) is 19.7 Å². The van der Waals surface area contributed by atoms with Gasteiger partial charge in [-0.05, 0) is 35.6 Å². The number of tetrazole rings is 1. The topological polar surface area (TPSA) is 164 Å². The van der Waals surface area contributed by atoms with Crippen LogP contribution < -0.4 is 10.8 Å². The highest BCUT2D eigenvalue weighted by Crippen LogP contribution is 2.30. The first-order valence-corrected chi connectivity index (χ1v) is 10.3. The van der Waals surface area contributed by atoms with Crippen LogP contribution in [0.2, 0.25) is 0 Å². The molecule has 0 spiro atoms. The van der Waals surface area contributed by atoms with Crippen molar-refractivity contribution in [1.82, 2.24) is 41.0 Å². The molecule has 3 unspecified atom stereocenters. The third kappa shape index (κ3) is 4.53. The van der Waals surface area contributed by atoms with E-state index >= 15 is 0 Å². The first kappa shape index (κ1) is 20.1. The molecule has 2 bridgehead atoms. The number of hydrogen-bond donors (Lipinski definition) is 3. The van der Waals surface area contributed by atoms with E-state index in [1.54, 1.807) is 11.0 Å². The van der Waals surface area contributed by atoms with Crippen molar-refractivity contribution in [1.29, 1.82) is 0 Å². The number of aromatic nitrogens is 4. The number of rotatable bonds is 8. The van der Waals surface area contributed by atoms with Crippen LogP contribution in [0.25, 0.3) is 0 Å². The Labute approximate surface area is 168 Å². The van der Waals surface area contributed by atoms with Crippen molar-refractivity contribution in [3.63, 3.8) is 0 Å². The Kier molecular flexibility index (Phi) is 6.00. The lowest BCUT2D eigenvalue weighted by Crippen LogP contribution is -2.50. The highest BCUT2D eigenvalue weighted by molar-refractivity contribution is 7.74. The molecule has 1 aromatic heterocycles. The van der Waals surface area contributed by atoms with E-state index < -0.39 is 29.3 Å². The summed E-state index contributed by atoms with van der Waals surface area (Å²) in [6.45, 7) is 2.06. The summed E-state index contributed by atoms with van der Waals surface area (Å²) in [5.74, 6) is -0.0598. The van der Waals surface area contributed by atoms with E-state index in [0.717, 1.165) is 18.0 Å². The van der Waals surface area contributed by atoms with Gasteiger partial charge in [-0.3, -0.25) is 14.2 Å². The Balaban J connectivity index is 1.20. The number of nitrogens with zero attached hydrogens (tertiary/aromatic N) is 6. The smallest absolute Gasteiger partial charge is 0.311 e. The zero-order valence-corrected chi connectivity index (χ0v) is 16.2. The molecule has 5 atom stereocenters. The van der Waals surface area contributed by atoms with Crippen molar-refractivity contribution >= 4 is 23.3 Å². The molecular formula is C14H22N8O6S. The van der Waals surface area contributed by atoms with E-state index in [0.29, 0.717) is 31.9 Å². The van der Waals surface area contributed by atoms with Gasteiger partial charge < -0.3 is 10.2 Å². The van der Waals surface area contributed by atoms with E-state index in [4.69, 9.17) is 9.39 Å². The molecule has 0 saturated carbocycles. The number of hydroxylamine groups is 3. The average Bonchev–Trinajstić information content (AvgIpc) is 3.41. The maximum atomic E-state index is 12.5. The lowest BCUT2D eigenvalue weighted by atomic mass is 10.0. The molecule has 160 valence electrons. The molecule has 3 aliphatic heterocycles. The number of fused-ring (bicyclic) bond motifs is 2. The fourth-order valence-corrected chi connectivity index (χ4v) is 4.37. The van der Waals surface area contributed by atoms with E-state index in [9.17, 15) is 13.8 Å². The average molecular weight is 430 g/mol. The highest BCUT2D eigenvalue weighted by Gasteiger charge is 2.48. The molecular weight excluding hydrogens is 408 g/mol. The van der Waals surface area contributed by atoms with Crippen molar-refractivity contribution in [3.05, 3.63) is 6.33 Å². The minimum Gasteiger partial charge on any atom is -0.311 e.